The standard InChI is InChI=1S/C9H13N5O/c1-13-4-5-14(6-8(13)15)9-11-3-2-7(10)12-9/h2-3H,4-6H2,1H3,(H2,10,11,12). The SMILES string of the molecule is CN1CCN(c2nccc(N)n2)CC1=O. The summed E-state index contributed by atoms with van der Waals surface area (Å²) < 4.78 is 0. The largest absolute Gasteiger partial charge is 0.384 e. The number of carbonyl (C=O) groups is 1. The van der Waals surface area contributed by atoms with Gasteiger partial charge in [0, 0.05) is 26.3 Å². The van der Waals surface area contributed by atoms with Crippen molar-refractivity contribution in [2.75, 3.05) is 37.3 Å². The summed E-state index contributed by atoms with van der Waals surface area (Å²) in [4.78, 5) is 23.2. The molecule has 0 unspecified atom stereocenters. The van der Waals surface area contributed by atoms with Gasteiger partial charge in [0.15, 0.2) is 0 Å². The molecule has 2 N–H and O–H groups in total. The number of likely N-dealkylation sites (N-methyl/N-ethyl adjacent to an activating group) is 1. The molecule has 2 rings (SSSR count). The fourth-order valence-corrected chi connectivity index (χ4v) is 1.44. The summed E-state index contributed by atoms with van der Waals surface area (Å²) in [5, 5.41) is 0. The highest BCUT2D eigenvalue weighted by Gasteiger charge is 2.22. The van der Waals surface area contributed by atoms with E-state index in [2.05, 4.69) is 9.97 Å². The lowest BCUT2D eigenvalue weighted by molar-refractivity contribution is -0.129. The highest BCUT2D eigenvalue weighted by Crippen LogP contribution is 2.11. The molecular weight excluding hydrogens is 194 g/mol. The van der Waals surface area contributed by atoms with Crippen molar-refractivity contribution >= 4 is 17.7 Å². The van der Waals surface area contributed by atoms with E-state index in [0.29, 0.717) is 24.9 Å². The molecule has 0 saturated carbocycles. The Bertz CT molecular complexity index is 381. The number of piperazine rings is 1. The van der Waals surface area contributed by atoms with Gasteiger partial charge in [-0.1, -0.05) is 0 Å². The van der Waals surface area contributed by atoms with Crippen molar-refractivity contribution in [1.29, 1.82) is 0 Å². The van der Waals surface area contributed by atoms with E-state index in [0.717, 1.165) is 6.54 Å². The number of amides is 1. The molecule has 0 bridgehead atoms. The summed E-state index contributed by atoms with van der Waals surface area (Å²) >= 11 is 0. The normalized spacial score (nSPS) is 17.0. The first-order valence-corrected chi connectivity index (χ1v) is 4.74. The Balaban J connectivity index is 2.15. The molecular formula is C9H13N5O. The van der Waals surface area contributed by atoms with E-state index in [1.54, 1.807) is 24.2 Å². The number of hydrogen-bond acceptors (Lipinski definition) is 5. The minimum atomic E-state index is 0.0762. The quantitative estimate of drug-likeness (QED) is 0.661. The van der Waals surface area contributed by atoms with E-state index in [-0.39, 0.29) is 5.91 Å². The molecule has 0 radical (unpaired) electrons. The lowest BCUT2D eigenvalue weighted by Gasteiger charge is -2.31. The van der Waals surface area contributed by atoms with Gasteiger partial charge in [0.1, 0.15) is 5.82 Å². The van der Waals surface area contributed by atoms with Gasteiger partial charge in [-0.3, -0.25) is 4.79 Å². The van der Waals surface area contributed by atoms with Crippen molar-refractivity contribution in [2.24, 2.45) is 0 Å². The second kappa shape index (κ2) is 3.72. The summed E-state index contributed by atoms with van der Waals surface area (Å²) in [6, 6.07) is 1.63. The Hall–Kier alpha value is -1.85. The van der Waals surface area contributed by atoms with Gasteiger partial charge < -0.3 is 15.5 Å². The molecule has 15 heavy (non-hydrogen) atoms. The van der Waals surface area contributed by atoms with E-state index in [4.69, 9.17) is 5.73 Å². The van der Waals surface area contributed by atoms with Gasteiger partial charge in [0.2, 0.25) is 11.9 Å². The van der Waals surface area contributed by atoms with E-state index in [9.17, 15) is 4.79 Å². The van der Waals surface area contributed by atoms with Crippen LogP contribution in [0.2, 0.25) is 0 Å². The summed E-state index contributed by atoms with van der Waals surface area (Å²) in [6.45, 7) is 1.75. The first-order valence-electron chi connectivity index (χ1n) is 4.74. The maximum atomic E-state index is 11.5. The number of nitrogens with two attached hydrogens (primary N) is 1. The summed E-state index contributed by atoms with van der Waals surface area (Å²) in [5.74, 6) is 1.02. The van der Waals surface area contributed by atoms with E-state index < -0.39 is 0 Å². The molecule has 1 aliphatic rings. The highest BCUT2D eigenvalue weighted by molar-refractivity contribution is 5.81. The zero-order valence-electron chi connectivity index (χ0n) is 8.55. The van der Waals surface area contributed by atoms with Gasteiger partial charge in [-0.25, -0.2) is 4.98 Å². The maximum absolute atomic E-state index is 11.5. The van der Waals surface area contributed by atoms with E-state index >= 15 is 0 Å². The third-order valence-corrected chi connectivity index (χ3v) is 2.40. The molecule has 1 aromatic rings. The molecule has 6 heteroatoms. The van der Waals surface area contributed by atoms with Crippen LogP contribution < -0.4 is 10.6 Å². The minimum Gasteiger partial charge on any atom is -0.384 e. The van der Waals surface area contributed by atoms with Crippen LogP contribution in [0.4, 0.5) is 11.8 Å². The topological polar surface area (TPSA) is 75.3 Å². The number of aromatic nitrogens is 2. The monoisotopic (exact) mass is 207 g/mol. The molecule has 0 aliphatic carbocycles. The molecule has 1 fully saturated rings. The van der Waals surface area contributed by atoms with Gasteiger partial charge in [0.25, 0.3) is 0 Å². The molecule has 1 aliphatic heterocycles. The van der Waals surface area contributed by atoms with Gasteiger partial charge in [-0.05, 0) is 6.07 Å². The summed E-state index contributed by atoms with van der Waals surface area (Å²) in [7, 11) is 1.79. The average molecular weight is 207 g/mol. The van der Waals surface area contributed by atoms with Crippen LogP contribution in [0.5, 0.6) is 0 Å². The smallest absolute Gasteiger partial charge is 0.242 e. The minimum absolute atomic E-state index is 0.0762. The first-order chi connectivity index (χ1) is 7.16. The molecule has 0 atom stereocenters. The molecule has 2 heterocycles. The maximum Gasteiger partial charge on any atom is 0.242 e. The van der Waals surface area contributed by atoms with Crippen LogP contribution in [0, 0.1) is 0 Å². The predicted molar refractivity (Wildman–Crippen MR) is 56.3 cm³/mol. The Labute approximate surface area is 87.7 Å². The number of anilines is 2. The van der Waals surface area contributed by atoms with Gasteiger partial charge in [-0.15, -0.1) is 0 Å². The van der Waals surface area contributed by atoms with Crippen LogP contribution in [0.15, 0.2) is 12.3 Å². The van der Waals surface area contributed by atoms with Crippen LogP contribution in [0.1, 0.15) is 0 Å². The molecule has 1 saturated heterocycles. The van der Waals surface area contributed by atoms with Crippen LogP contribution in [0.3, 0.4) is 0 Å². The molecule has 6 nitrogen and oxygen atoms in total. The van der Waals surface area contributed by atoms with Crippen molar-refractivity contribution < 1.29 is 4.79 Å². The van der Waals surface area contributed by atoms with Crippen LogP contribution in [-0.4, -0.2) is 47.5 Å². The zero-order valence-corrected chi connectivity index (χ0v) is 8.55. The van der Waals surface area contributed by atoms with Crippen molar-refractivity contribution in [3.05, 3.63) is 12.3 Å². The zero-order chi connectivity index (χ0) is 10.8. The number of hydrogen-bond donors (Lipinski definition) is 1. The number of nitrogens with zero attached hydrogens (tertiary/aromatic N) is 4. The summed E-state index contributed by atoms with van der Waals surface area (Å²) in [6.07, 6.45) is 1.60. The first kappa shape index (κ1) is 9.70. The van der Waals surface area contributed by atoms with Gasteiger partial charge in [-0.2, -0.15) is 4.98 Å². The molecule has 0 aromatic carbocycles. The van der Waals surface area contributed by atoms with Crippen molar-refractivity contribution in [2.45, 2.75) is 0 Å². The van der Waals surface area contributed by atoms with Crippen LogP contribution >= 0.6 is 0 Å². The van der Waals surface area contributed by atoms with Crippen molar-refractivity contribution in [1.82, 2.24) is 14.9 Å². The Kier molecular flexibility index (Phi) is 2.40. The van der Waals surface area contributed by atoms with E-state index in [1.807, 2.05) is 4.90 Å². The third-order valence-electron chi connectivity index (χ3n) is 2.40. The Morgan fingerprint density at radius 2 is 2.27 bits per heavy atom. The highest BCUT2D eigenvalue weighted by atomic mass is 16.2. The molecule has 1 aromatic heterocycles. The average Bonchev–Trinajstić information content (AvgIpc) is 2.22. The molecule has 80 valence electrons. The second-order valence-electron chi connectivity index (χ2n) is 3.52. The Morgan fingerprint density at radius 1 is 1.47 bits per heavy atom. The predicted octanol–water partition coefficient (Wildman–Crippen LogP) is -0.663. The molecule has 0 spiro atoms. The van der Waals surface area contributed by atoms with Gasteiger partial charge in [0.05, 0.1) is 6.54 Å². The Morgan fingerprint density at radius 3 is 2.93 bits per heavy atom. The second-order valence-corrected chi connectivity index (χ2v) is 3.52. The lowest BCUT2D eigenvalue weighted by atomic mass is 10.3. The van der Waals surface area contributed by atoms with Crippen molar-refractivity contribution in [3.8, 4) is 0 Å². The van der Waals surface area contributed by atoms with E-state index in [1.165, 1.54) is 0 Å². The number of nitrogen functional groups attached to an aromatic ring is 1. The summed E-state index contributed by atoms with van der Waals surface area (Å²) in [5.41, 5.74) is 5.55. The van der Waals surface area contributed by atoms with Crippen LogP contribution in [-0.2, 0) is 4.79 Å². The fraction of sp³-hybridized carbons (Fsp3) is 0.444. The molecule has 1 amide bonds. The third kappa shape index (κ3) is 1.98. The van der Waals surface area contributed by atoms with Crippen molar-refractivity contribution in [3.63, 3.8) is 0 Å². The fourth-order valence-electron chi connectivity index (χ4n) is 1.44. The lowest BCUT2D eigenvalue weighted by Crippen LogP contribution is -2.49. The van der Waals surface area contributed by atoms with Crippen LogP contribution in [0.25, 0.3) is 0 Å². The number of carbonyl (C=O) groups excluding carboxylic acids is 1. The van der Waals surface area contributed by atoms with Gasteiger partial charge >= 0.3 is 0 Å². The number of rotatable bonds is 1.